The molecule has 3 heterocycles. The molecule has 4 aromatic rings. The summed E-state index contributed by atoms with van der Waals surface area (Å²) < 4.78 is 37.9. The normalized spacial score (nSPS) is 15.7. The summed E-state index contributed by atoms with van der Waals surface area (Å²) >= 11 is 6.12. The molecule has 0 amide bonds. The van der Waals surface area contributed by atoms with Gasteiger partial charge in [0.15, 0.2) is 17.3 Å². The fraction of sp³-hybridized carbons (Fsp3) is 0.143. The van der Waals surface area contributed by atoms with E-state index in [0.29, 0.717) is 10.8 Å². The number of anilines is 1. The van der Waals surface area contributed by atoms with Gasteiger partial charge in [0.05, 0.1) is 30.2 Å². The van der Waals surface area contributed by atoms with Crippen LogP contribution in [-0.2, 0) is 0 Å². The van der Waals surface area contributed by atoms with E-state index >= 15 is 0 Å². The number of amidine groups is 1. The quantitative estimate of drug-likeness (QED) is 0.282. The van der Waals surface area contributed by atoms with Crippen LogP contribution in [0.15, 0.2) is 77.8 Å². The molecule has 2 aliphatic rings. The van der Waals surface area contributed by atoms with Crippen molar-refractivity contribution in [1.82, 2.24) is 9.78 Å². The summed E-state index contributed by atoms with van der Waals surface area (Å²) in [6.45, 7) is -1.02. The predicted octanol–water partition coefficient (Wildman–Crippen LogP) is 7.11. The maximum absolute atomic E-state index is 13.0. The van der Waals surface area contributed by atoms with Gasteiger partial charge in [0, 0.05) is 10.6 Å². The minimum atomic E-state index is -2.96. The van der Waals surface area contributed by atoms with Gasteiger partial charge in [0.25, 0.3) is 0 Å². The molecule has 0 unspecified atom stereocenters. The van der Waals surface area contributed by atoms with E-state index in [2.05, 4.69) is 9.64 Å². The number of methoxy groups -OCH3 is 1. The molecular weight excluding hydrogens is 498 g/mol. The Morgan fingerprint density at radius 1 is 0.973 bits per heavy atom. The molecular formula is C28H21ClF2N4O2. The molecule has 6 rings (SSSR count). The zero-order chi connectivity index (χ0) is 25.7. The van der Waals surface area contributed by atoms with Gasteiger partial charge in [0.2, 0.25) is 0 Å². The molecule has 0 fully saturated rings. The van der Waals surface area contributed by atoms with Crippen LogP contribution in [0, 0.1) is 6.92 Å². The summed E-state index contributed by atoms with van der Waals surface area (Å²) in [5.41, 5.74) is 5.34. The Morgan fingerprint density at radius 2 is 1.76 bits per heavy atom. The molecule has 0 saturated heterocycles. The highest BCUT2D eigenvalue weighted by Crippen LogP contribution is 2.47. The topological polar surface area (TPSA) is 51.9 Å². The lowest BCUT2D eigenvalue weighted by atomic mass is 9.92. The molecule has 186 valence electrons. The van der Waals surface area contributed by atoms with Gasteiger partial charge in [0.1, 0.15) is 5.84 Å². The van der Waals surface area contributed by atoms with Crippen LogP contribution in [0.5, 0.6) is 11.5 Å². The summed E-state index contributed by atoms with van der Waals surface area (Å²) in [7, 11) is 1.43. The summed E-state index contributed by atoms with van der Waals surface area (Å²) in [4.78, 5) is 7.17. The van der Waals surface area contributed by atoms with Gasteiger partial charge in [-0.3, -0.25) is 0 Å². The number of aliphatic imine (C=N–C) groups is 1. The van der Waals surface area contributed by atoms with Crippen LogP contribution in [0.4, 0.5) is 20.3 Å². The maximum atomic E-state index is 13.0. The van der Waals surface area contributed by atoms with Gasteiger partial charge in [-0.1, -0.05) is 35.9 Å². The van der Waals surface area contributed by atoms with E-state index in [-0.39, 0.29) is 17.5 Å². The molecule has 0 radical (unpaired) electrons. The van der Waals surface area contributed by atoms with Crippen molar-refractivity contribution < 1.29 is 18.3 Å². The van der Waals surface area contributed by atoms with Crippen LogP contribution in [0.2, 0.25) is 5.02 Å². The Labute approximate surface area is 217 Å². The molecule has 1 atom stereocenters. The van der Waals surface area contributed by atoms with Crippen molar-refractivity contribution in [2.75, 3.05) is 12.0 Å². The Bertz CT molecular complexity index is 1560. The first-order valence-electron chi connectivity index (χ1n) is 11.6. The summed E-state index contributed by atoms with van der Waals surface area (Å²) in [6.07, 6.45) is 4.00. The molecule has 1 aromatic heterocycles. The van der Waals surface area contributed by atoms with Crippen molar-refractivity contribution in [3.05, 3.63) is 100 Å². The van der Waals surface area contributed by atoms with Crippen molar-refractivity contribution in [2.24, 2.45) is 4.99 Å². The van der Waals surface area contributed by atoms with Crippen LogP contribution in [0.25, 0.3) is 11.8 Å². The molecule has 9 heteroatoms. The van der Waals surface area contributed by atoms with Crippen molar-refractivity contribution >= 4 is 35.0 Å². The number of nitrogens with zero attached hydrogens (tertiary/aromatic N) is 4. The van der Waals surface area contributed by atoms with Crippen molar-refractivity contribution in [2.45, 2.75) is 19.6 Å². The average molecular weight is 519 g/mol. The standard InChI is InChI=1S/C28H21ClF2N4O2/c1-16-25-26(18-7-13-22(37-28(30)31)23(15-18)36-2)34-21-6-4-3-5-17(21)8-14-24(34)32-27(25)35(33-16)20-11-9-19(29)10-12-20/h3-15,26,28H,1-2H3/t26-/m1/s1. The smallest absolute Gasteiger partial charge is 0.387 e. The number of ether oxygens (including phenoxy) is 2. The van der Waals surface area contributed by atoms with Crippen LogP contribution in [0.1, 0.15) is 28.4 Å². The number of hydrogen-bond acceptors (Lipinski definition) is 5. The Balaban J connectivity index is 1.59. The van der Waals surface area contributed by atoms with Gasteiger partial charge in [-0.2, -0.15) is 13.9 Å². The lowest BCUT2D eigenvalue weighted by molar-refractivity contribution is -0.0512. The summed E-state index contributed by atoms with van der Waals surface area (Å²) in [6, 6.07) is 20.1. The minimum Gasteiger partial charge on any atom is -0.493 e. The van der Waals surface area contributed by atoms with Crippen molar-refractivity contribution in [3.63, 3.8) is 0 Å². The zero-order valence-electron chi connectivity index (χ0n) is 19.9. The molecule has 2 aliphatic heterocycles. The first-order valence-corrected chi connectivity index (χ1v) is 12.0. The minimum absolute atomic E-state index is 0.0290. The number of aryl methyl sites for hydroxylation is 1. The van der Waals surface area contributed by atoms with Crippen LogP contribution in [0.3, 0.4) is 0 Å². The van der Waals surface area contributed by atoms with Crippen LogP contribution in [-0.4, -0.2) is 29.3 Å². The number of aromatic nitrogens is 2. The molecule has 0 bridgehead atoms. The Morgan fingerprint density at radius 3 is 2.51 bits per heavy atom. The van der Waals surface area contributed by atoms with Gasteiger partial charge in [-0.25, -0.2) is 9.67 Å². The molecule has 0 spiro atoms. The fourth-order valence-corrected chi connectivity index (χ4v) is 5.02. The number of halogens is 3. The number of para-hydroxylation sites is 1. The number of benzene rings is 3. The molecule has 3 aromatic carbocycles. The number of rotatable bonds is 5. The van der Waals surface area contributed by atoms with E-state index in [1.165, 1.54) is 13.2 Å². The summed E-state index contributed by atoms with van der Waals surface area (Å²) in [5.74, 6) is 1.61. The van der Waals surface area contributed by atoms with Crippen LogP contribution < -0.4 is 14.4 Å². The van der Waals surface area contributed by atoms with E-state index < -0.39 is 6.61 Å². The second kappa shape index (κ2) is 9.05. The van der Waals surface area contributed by atoms with E-state index in [0.717, 1.165) is 39.6 Å². The molecule has 0 aliphatic carbocycles. The van der Waals surface area contributed by atoms with Gasteiger partial charge >= 0.3 is 6.61 Å². The van der Waals surface area contributed by atoms with Gasteiger partial charge in [-0.15, -0.1) is 0 Å². The highest BCUT2D eigenvalue weighted by Gasteiger charge is 2.38. The third-order valence-corrected chi connectivity index (χ3v) is 6.73. The molecule has 0 saturated carbocycles. The Hall–Kier alpha value is -4.17. The Kier molecular flexibility index (Phi) is 5.68. The monoisotopic (exact) mass is 518 g/mol. The number of fused-ring (bicyclic) bond motifs is 4. The first-order chi connectivity index (χ1) is 17.9. The van der Waals surface area contributed by atoms with E-state index in [4.69, 9.17) is 26.4 Å². The van der Waals surface area contributed by atoms with Gasteiger partial charge < -0.3 is 14.4 Å². The second-order valence-corrected chi connectivity index (χ2v) is 9.07. The summed E-state index contributed by atoms with van der Waals surface area (Å²) in [5, 5.41) is 5.47. The average Bonchev–Trinajstić information content (AvgIpc) is 3.23. The molecule has 6 nitrogen and oxygen atoms in total. The third kappa shape index (κ3) is 3.94. The van der Waals surface area contributed by atoms with Crippen molar-refractivity contribution in [1.29, 1.82) is 0 Å². The van der Waals surface area contributed by atoms with Crippen LogP contribution >= 0.6 is 11.6 Å². The number of alkyl halides is 2. The van der Waals surface area contributed by atoms with E-state index in [1.54, 1.807) is 16.8 Å². The second-order valence-electron chi connectivity index (χ2n) is 8.63. The SMILES string of the molecule is COc1cc([C@@H]2c3c(C)nn(-c4ccc(Cl)cc4)c3N=C3C=Cc4ccccc4N32)ccc1OC(F)F. The first kappa shape index (κ1) is 23.2. The van der Waals surface area contributed by atoms with E-state index in [9.17, 15) is 8.78 Å². The maximum Gasteiger partial charge on any atom is 0.387 e. The zero-order valence-corrected chi connectivity index (χ0v) is 20.7. The fourth-order valence-electron chi connectivity index (χ4n) is 4.90. The van der Waals surface area contributed by atoms with Crippen molar-refractivity contribution in [3.8, 4) is 17.2 Å². The van der Waals surface area contributed by atoms with E-state index in [1.807, 2.05) is 67.6 Å². The largest absolute Gasteiger partial charge is 0.493 e. The molecule has 37 heavy (non-hydrogen) atoms. The van der Waals surface area contributed by atoms with Gasteiger partial charge in [-0.05, 0) is 72.7 Å². The predicted molar refractivity (Wildman–Crippen MR) is 140 cm³/mol. The highest BCUT2D eigenvalue weighted by molar-refractivity contribution is 6.30. The molecule has 0 N–H and O–H groups in total. The number of hydrogen-bond donors (Lipinski definition) is 0. The lowest BCUT2D eigenvalue weighted by Gasteiger charge is -2.39. The highest BCUT2D eigenvalue weighted by atomic mass is 35.5. The third-order valence-electron chi connectivity index (χ3n) is 6.48. The lowest BCUT2D eigenvalue weighted by Crippen LogP contribution is -2.38.